The van der Waals surface area contributed by atoms with Crippen molar-refractivity contribution in [3.8, 4) is 0 Å². The lowest BCUT2D eigenvalue weighted by molar-refractivity contribution is 0.149. The Hall–Kier alpha value is -0.280. The Labute approximate surface area is 132 Å². The summed E-state index contributed by atoms with van der Waals surface area (Å²) in [6, 6.07) is 6.06. The standard InChI is InChI=1S/C16H25Cl2NO/c1-4-8-19-13(9-12(2)11-20-3)10-14-15(17)6-5-7-16(14)18/h5-7,12-13,19H,4,8-11H2,1-3H3. The molecule has 1 rings (SSSR count). The highest BCUT2D eigenvalue weighted by Gasteiger charge is 2.16. The Morgan fingerprint density at radius 1 is 1.25 bits per heavy atom. The average molecular weight is 318 g/mol. The molecule has 0 spiro atoms. The maximum Gasteiger partial charge on any atom is 0.0488 e. The van der Waals surface area contributed by atoms with Gasteiger partial charge in [-0.05, 0) is 49.4 Å². The van der Waals surface area contributed by atoms with Crippen molar-refractivity contribution >= 4 is 23.2 Å². The molecule has 0 fully saturated rings. The SMILES string of the molecule is CCCNC(Cc1c(Cl)cccc1Cl)CC(C)COC. The maximum atomic E-state index is 6.27. The van der Waals surface area contributed by atoms with Crippen LogP contribution in [0.5, 0.6) is 0 Å². The van der Waals surface area contributed by atoms with Gasteiger partial charge in [0.25, 0.3) is 0 Å². The van der Waals surface area contributed by atoms with Crippen molar-refractivity contribution in [2.75, 3.05) is 20.3 Å². The van der Waals surface area contributed by atoms with E-state index in [4.69, 9.17) is 27.9 Å². The fourth-order valence-corrected chi connectivity index (χ4v) is 2.95. The first-order chi connectivity index (χ1) is 9.58. The molecule has 2 unspecified atom stereocenters. The van der Waals surface area contributed by atoms with Gasteiger partial charge in [0.2, 0.25) is 0 Å². The van der Waals surface area contributed by atoms with Gasteiger partial charge in [-0.25, -0.2) is 0 Å². The van der Waals surface area contributed by atoms with Gasteiger partial charge in [0.05, 0.1) is 0 Å². The third-order valence-corrected chi connectivity index (χ3v) is 4.04. The molecule has 0 saturated heterocycles. The van der Waals surface area contributed by atoms with E-state index in [1.165, 1.54) is 0 Å². The Morgan fingerprint density at radius 3 is 2.45 bits per heavy atom. The van der Waals surface area contributed by atoms with E-state index in [1.54, 1.807) is 7.11 Å². The number of hydrogen-bond donors (Lipinski definition) is 1. The van der Waals surface area contributed by atoms with Crippen molar-refractivity contribution in [2.45, 2.75) is 39.2 Å². The molecule has 0 aliphatic heterocycles. The number of methoxy groups -OCH3 is 1. The van der Waals surface area contributed by atoms with Crippen LogP contribution in [0, 0.1) is 5.92 Å². The predicted octanol–water partition coefficient (Wildman–Crippen LogP) is 4.58. The van der Waals surface area contributed by atoms with Gasteiger partial charge in [0.1, 0.15) is 0 Å². The lowest BCUT2D eigenvalue weighted by Gasteiger charge is -2.23. The van der Waals surface area contributed by atoms with E-state index in [0.29, 0.717) is 12.0 Å². The van der Waals surface area contributed by atoms with Gasteiger partial charge >= 0.3 is 0 Å². The molecule has 1 aromatic rings. The molecule has 0 radical (unpaired) electrons. The summed E-state index contributed by atoms with van der Waals surface area (Å²) in [7, 11) is 1.75. The molecule has 114 valence electrons. The van der Waals surface area contributed by atoms with Crippen molar-refractivity contribution in [3.05, 3.63) is 33.8 Å². The van der Waals surface area contributed by atoms with Crippen LogP contribution in [-0.2, 0) is 11.2 Å². The summed E-state index contributed by atoms with van der Waals surface area (Å²) < 4.78 is 5.23. The van der Waals surface area contributed by atoms with Crippen LogP contribution in [0.1, 0.15) is 32.3 Å². The lowest BCUT2D eigenvalue weighted by atomic mass is 9.96. The van der Waals surface area contributed by atoms with E-state index in [-0.39, 0.29) is 0 Å². The largest absolute Gasteiger partial charge is 0.384 e. The number of ether oxygens (including phenoxy) is 1. The fraction of sp³-hybridized carbons (Fsp3) is 0.625. The van der Waals surface area contributed by atoms with E-state index >= 15 is 0 Å². The molecule has 0 bridgehead atoms. The highest BCUT2D eigenvalue weighted by Crippen LogP contribution is 2.26. The van der Waals surface area contributed by atoms with Gasteiger partial charge in [0, 0.05) is 29.8 Å². The molecule has 0 heterocycles. The minimum absolute atomic E-state index is 0.373. The fourth-order valence-electron chi connectivity index (χ4n) is 2.40. The Balaban J connectivity index is 2.72. The minimum Gasteiger partial charge on any atom is -0.384 e. The summed E-state index contributed by atoms with van der Waals surface area (Å²) in [5, 5.41) is 5.09. The van der Waals surface area contributed by atoms with Crippen LogP contribution in [0.25, 0.3) is 0 Å². The second-order valence-electron chi connectivity index (χ2n) is 5.35. The molecule has 1 N–H and O–H groups in total. The molecule has 4 heteroatoms. The number of benzene rings is 1. The molecule has 0 aromatic heterocycles. The predicted molar refractivity (Wildman–Crippen MR) is 87.9 cm³/mol. The molecular formula is C16H25Cl2NO. The van der Waals surface area contributed by atoms with Crippen LogP contribution < -0.4 is 5.32 Å². The van der Waals surface area contributed by atoms with Gasteiger partial charge in [0.15, 0.2) is 0 Å². The topological polar surface area (TPSA) is 21.3 Å². The second kappa shape index (κ2) is 9.62. The molecule has 0 amide bonds. The van der Waals surface area contributed by atoms with Crippen LogP contribution >= 0.6 is 23.2 Å². The van der Waals surface area contributed by atoms with E-state index < -0.39 is 0 Å². The van der Waals surface area contributed by atoms with E-state index in [1.807, 2.05) is 18.2 Å². The van der Waals surface area contributed by atoms with Gasteiger partial charge in [-0.2, -0.15) is 0 Å². The van der Waals surface area contributed by atoms with E-state index in [0.717, 1.165) is 48.0 Å². The summed E-state index contributed by atoms with van der Waals surface area (Å²) in [6.07, 6.45) is 3.02. The first-order valence-corrected chi connectivity index (χ1v) is 7.99. The third kappa shape index (κ3) is 6.01. The second-order valence-corrected chi connectivity index (χ2v) is 6.17. The van der Waals surface area contributed by atoms with Gasteiger partial charge < -0.3 is 10.1 Å². The summed E-state index contributed by atoms with van der Waals surface area (Å²) in [5.74, 6) is 0.510. The number of rotatable bonds is 9. The molecule has 1 aromatic carbocycles. The van der Waals surface area contributed by atoms with Crippen LogP contribution in [0.2, 0.25) is 10.0 Å². The Kier molecular flexibility index (Phi) is 8.55. The molecular weight excluding hydrogens is 293 g/mol. The molecule has 0 aliphatic rings. The number of halogens is 2. The van der Waals surface area contributed by atoms with E-state index in [2.05, 4.69) is 19.2 Å². The first kappa shape index (κ1) is 17.8. The zero-order chi connectivity index (χ0) is 15.0. The Morgan fingerprint density at radius 2 is 1.90 bits per heavy atom. The molecule has 20 heavy (non-hydrogen) atoms. The third-order valence-electron chi connectivity index (χ3n) is 3.33. The van der Waals surface area contributed by atoms with Gasteiger partial charge in [-0.15, -0.1) is 0 Å². The van der Waals surface area contributed by atoms with Crippen molar-refractivity contribution in [2.24, 2.45) is 5.92 Å². The average Bonchev–Trinajstić information content (AvgIpc) is 2.40. The van der Waals surface area contributed by atoms with Crippen molar-refractivity contribution in [1.82, 2.24) is 5.32 Å². The molecule has 2 atom stereocenters. The van der Waals surface area contributed by atoms with Gasteiger partial charge in [-0.1, -0.05) is 43.1 Å². The Bertz CT molecular complexity index is 378. The maximum absolute atomic E-state index is 6.27. The van der Waals surface area contributed by atoms with Crippen molar-refractivity contribution in [1.29, 1.82) is 0 Å². The van der Waals surface area contributed by atoms with E-state index in [9.17, 15) is 0 Å². The highest BCUT2D eigenvalue weighted by molar-refractivity contribution is 6.35. The van der Waals surface area contributed by atoms with Gasteiger partial charge in [-0.3, -0.25) is 0 Å². The summed E-state index contributed by atoms with van der Waals surface area (Å²) in [4.78, 5) is 0. The van der Waals surface area contributed by atoms with Crippen LogP contribution in [0.4, 0.5) is 0 Å². The molecule has 0 aliphatic carbocycles. The van der Waals surface area contributed by atoms with Crippen LogP contribution in [0.3, 0.4) is 0 Å². The quantitative estimate of drug-likeness (QED) is 0.720. The summed E-state index contributed by atoms with van der Waals surface area (Å²) >= 11 is 12.5. The zero-order valence-corrected chi connectivity index (χ0v) is 14.1. The molecule has 0 saturated carbocycles. The van der Waals surface area contributed by atoms with Crippen LogP contribution in [0.15, 0.2) is 18.2 Å². The van der Waals surface area contributed by atoms with Crippen molar-refractivity contribution in [3.63, 3.8) is 0 Å². The highest BCUT2D eigenvalue weighted by atomic mass is 35.5. The summed E-state index contributed by atoms with van der Waals surface area (Å²) in [6.45, 7) is 6.16. The number of hydrogen-bond acceptors (Lipinski definition) is 2. The zero-order valence-electron chi connectivity index (χ0n) is 12.6. The molecule has 2 nitrogen and oxygen atoms in total. The normalized spacial score (nSPS) is 14.2. The van der Waals surface area contributed by atoms with Crippen LogP contribution in [-0.4, -0.2) is 26.3 Å². The monoisotopic (exact) mass is 317 g/mol. The lowest BCUT2D eigenvalue weighted by Crippen LogP contribution is -2.34. The van der Waals surface area contributed by atoms with Crippen molar-refractivity contribution < 1.29 is 4.74 Å². The minimum atomic E-state index is 0.373. The first-order valence-electron chi connectivity index (χ1n) is 7.23. The number of nitrogens with one attached hydrogen (secondary N) is 1. The smallest absolute Gasteiger partial charge is 0.0488 e. The summed E-state index contributed by atoms with van der Waals surface area (Å²) in [5.41, 5.74) is 1.04.